The van der Waals surface area contributed by atoms with Gasteiger partial charge in [0.05, 0.1) is 0 Å². The molecule has 0 atom stereocenters. The van der Waals surface area contributed by atoms with Gasteiger partial charge in [0.1, 0.15) is 5.75 Å². The van der Waals surface area contributed by atoms with Crippen LogP contribution in [0.2, 0.25) is 0 Å². The van der Waals surface area contributed by atoms with Crippen molar-refractivity contribution in [1.29, 1.82) is 0 Å². The molecule has 2 nitrogen and oxygen atoms in total. The van der Waals surface area contributed by atoms with Crippen LogP contribution in [-0.4, -0.2) is 11.7 Å². The van der Waals surface area contributed by atoms with Crippen molar-refractivity contribution in [2.45, 2.75) is 25.2 Å². The van der Waals surface area contributed by atoms with Crippen molar-refractivity contribution in [2.24, 2.45) is 5.73 Å². The largest absolute Gasteiger partial charge is 0.507 e. The number of aromatic hydroxyl groups is 1. The van der Waals surface area contributed by atoms with Crippen molar-refractivity contribution in [2.75, 3.05) is 6.54 Å². The number of phenols is 1. The van der Waals surface area contributed by atoms with Crippen LogP contribution in [0.4, 0.5) is 0 Å². The van der Waals surface area contributed by atoms with E-state index in [-0.39, 0.29) is 5.41 Å². The molecule has 70 valence electrons. The van der Waals surface area contributed by atoms with E-state index in [1.54, 1.807) is 0 Å². The summed E-state index contributed by atoms with van der Waals surface area (Å²) in [5.41, 5.74) is 7.78. The number of phenolic OH excluding ortho intramolecular Hbond substituents is 1. The van der Waals surface area contributed by atoms with E-state index in [0.717, 1.165) is 24.0 Å². The van der Waals surface area contributed by atoms with Gasteiger partial charge in [-0.1, -0.05) is 18.2 Å². The second kappa shape index (κ2) is 2.74. The maximum absolute atomic E-state index is 9.85. The Morgan fingerprint density at radius 3 is 2.69 bits per heavy atom. The summed E-state index contributed by atoms with van der Waals surface area (Å²) in [6.45, 7) is 2.56. The summed E-state index contributed by atoms with van der Waals surface area (Å²) in [6.07, 6.45) is 2.22. The number of nitrogens with two attached hydrogens (primary N) is 1. The highest BCUT2D eigenvalue weighted by Crippen LogP contribution is 2.50. The van der Waals surface area contributed by atoms with Crippen molar-refractivity contribution in [3.63, 3.8) is 0 Å². The average molecular weight is 177 g/mol. The molecule has 0 saturated heterocycles. The van der Waals surface area contributed by atoms with Crippen molar-refractivity contribution in [3.05, 3.63) is 29.3 Å². The van der Waals surface area contributed by atoms with Crippen molar-refractivity contribution in [3.8, 4) is 5.75 Å². The molecule has 0 amide bonds. The number of benzene rings is 1. The summed E-state index contributed by atoms with van der Waals surface area (Å²) in [4.78, 5) is 0. The second-order valence-electron chi connectivity index (χ2n) is 3.96. The standard InChI is InChI=1S/C11H15NO/c1-8-3-2-4-9(10(8)13)11(7-12)5-6-11/h2-4,13H,5-7,12H2,1H3. The topological polar surface area (TPSA) is 46.2 Å². The molecule has 0 radical (unpaired) electrons. The minimum Gasteiger partial charge on any atom is -0.507 e. The summed E-state index contributed by atoms with van der Waals surface area (Å²) in [5.74, 6) is 0.436. The minimum atomic E-state index is 0.0934. The SMILES string of the molecule is Cc1cccc(C2(CN)CC2)c1O. The Kier molecular flexibility index (Phi) is 1.81. The average Bonchev–Trinajstić information content (AvgIpc) is 2.90. The lowest BCUT2D eigenvalue weighted by atomic mass is 9.93. The fraction of sp³-hybridized carbons (Fsp3) is 0.455. The molecule has 0 unspecified atom stereocenters. The third kappa shape index (κ3) is 1.22. The molecule has 0 aromatic heterocycles. The fourth-order valence-corrected chi connectivity index (χ4v) is 1.82. The zero-order valence-corrected chi connectivity index (χ0v) is 7.88. The molecule has 0 aliphatic heterocycles. The van der Waals surface area contributed by atoms with Crippen LogP contribution in [0, 0.1) is 6.92 Å². The van der Waals surface area contributed by atoms with E-state index < -0.39 is 0 Å². The van der Waals surface area contributed by atoms with Crippen molar-refractivity contribution < 1.29 is 5.11 Å². The highest BCUT2D eigenvalue weighted by Gasteiger charge is 2.44. The van der Waals surface area contributed by atoms with Gasteiger partial charge in [0, 0.05) is 17.5 Å². The Labute approximate surface area is 78.4 Å². The Balaban J connectivity index is 2.46. The van der Waals surface area contributed by atoms with Gasteiger partial charge >= 0.3 is 0 Å². The van der Waals surface area contributed by atoms with E-state index in [1.165, 1.54) is 0 Å². The molecule has 13 heavy (non-hydrogen) atoms. The Morgan fingerprint density at radius 1 is 1.46 bits per heavy atom. The van der Waals surface area contributed by atoms with E-state index in [0.29, 0.717) is 12.3 Å². The van der Waals surface area contributed by atoms with E-state index >= 15 is 0 Å². The van der Waals surface area contributed by atoms with Crippen LogP contribution in [0.3, 0.4) is 0 Å². The monoisotopic (exact) mass is 177 g/mol. The summed E-state index contributed by atoms with van der Waals surface area (Å²) < 4.78 is 0. The summed E-state index contributed by atoms with van der Waals surface area (Å²) >= 11 is 0. The van der Waals surface area contributed by atoms with Gasteiger partial charge in [-0.3, -0.25) is 0 Å². The molecule has 0 heterocycles. The molecule has 0 spiro atoms. The van der Waals surface area contributed by atoms with Crippen LogP contribution < -0.4 is 5.73 Å². The zero-order chi connectivity index (χ0) is 9.47. The normalized spacial score (nSPS) is 18.6. The van der Waals surface area contributed by atoms with Crippen LogP contribution in [0.5, 0.6) is 5.75 Å². The number of hydrogen-bond acceptors (Lipinski definition) is 2. The first kappa shape index (κ1) is 8.57. The molecule has 1 saturated carbocycles. The van der Waals surface area contributed by atoms with E-state index in [9.17, 15) is 5.11 Å². The number of para-hydroxylation sites is 1. The summed E-state index contributed by atoms with van der Waals surface area (Å²) in [6, 6.07) is 5.90. The lowest BCUT2D eigenvalue weighted by molar-refractivity contribution is 0.455. The van der Waals surface area contributed by atoms with E-state index in [2.05, 4.69) is 0 Å². The molecule has 1 aliphatic carbocycles. The van der Waals surface area contributed by atoms with Gasteiger partial charge in [0.15, 0.2) is 0 Å². The van der Waals surface area contributed by atoms with Crippen LogP contribution in [0.25, 0.3) is 0 Å². The third-order valence-electron chi connectivity index (χ3n) is 3.05. The van der Waals surface area contributed by atoms with Crippen LogP contribution in [-0.2, 0) is 5.41 Å². The van der Waals surface area contributed by atoms with E-state index in [1.807, 2.05) is 25.1 Å². The summed E-state index contributed by atoms with van der Waals surface area (Å²) in [7, 11) is 0. The molecule has 1 fully saturated rings. The van der Waals surface area contributed by atoms with Crippen LogP contribution in [0.15, 0.2) is 18.2 Å². The molecule has 3 N–H and O–H groups in total. The molecule has 0 bridgehead atoms. The van der Waals surface area contributed by atoms with Gasteiger partial charge < -0.3 is 10.8 Å². The molecule has 2 heteroatoms. The van der Waals surface area contributed by atoms with Crippen molar-refractivity contribution in [1.82, 2.24) is 0 Å². The molecule has 1 aliphatic rings. The summed E-state index contributed by atoms with van der Waals surface area (Å²) in [5, 5.41) is 9.85. The first-order chi connectivity index (χ1) is 6.19. The third-order valence-corrected chi connectivity index (χ3v) is 3.05. The predicted molar refractivity (Wildman–Crippen MR) is 52.8 cm³/mol. The quantitative estimate of drug-likeness (QED) is 0.722. The smallest absolute Gasteiger partial charge is 0.122 e. The van der Waals surface area contributed by atoms with Crippen molar-refractivity contribution >= 4 is 0 Å². The first-order valence-corrected chi connectivity index (χ1v) is 4.69. The number of aryl methyl sites for hydroxylation is 1. The Hall–Kier alpha value is -1.02. The zero-order valence-electron chi connectivity index (χ0n) is 7.88. The highest BCUT2D eigenvalue weighted by atomic mass is 16.3. The Bertz CT molecular complexity index is 329. The van der Waals surface area contributed by atoms with Crippen LogP contribution >= 0.6 is 0 Å². The molecule has 1 aromatic rings. The van der Waals surface area contributed by atoms with Gasteiger partial charge in [-0.05, 0) is 25.3 Å². The van der Waals surface area contributed by atoms with Gasteiger partial charge in [0.25, 0.3) is 0 Å². The predicted octanol–water partition coefficient (Wildman–Crippen LogP) is 1.69. The molecule has 1 aromatic carbocycles. The van der Waals surface area contributed by atoms with Gasteiger partial charge in [-0.2, -0.15) is 0 Å². The van der Waals surface area contributed by atoms with Gasteiger partial charge in [0.2, 0.25) is 0 Å². The maximum atomic E-state index is 9.85. The van der Waals surface area contributed by atoms with Gasteiger partial charge in [-0.15, -0.1) is 0 Å². The number of rotatable bonds is 2. The molecular formula is C11H15NO. The minimum absolute atomic E-state index is 0.0934. The maximum Gasteiger partial charge on any atom is 0.122 e. The molecule has 2 rings (SSSR count). The van der Waals surface area contributed by atoms with Crippen LogP contribution in [0.1, 0.15) is 24.0 Å². The molecular weight excluding hydrogens is 162 g/mol. The van der Waals surface area contributed by atoms with Gasteiger partial charge in [-0.25, -0.2) is 0 Å². The first-order valence-electron chi connectivity index (χ1n) is 4.69. The lowest BCUT2D eigenvalue weighted by Crippen LogP contribution is -2.19. The number of hydrogen-bond donors (Lipinski definition) is 2. The fourth-order valence-electron chi connectivity index (χ4n) is 1.82. The highest BCUT2D eigenvalue weighted by molar-refractivity contribution is 5.47. The lowest BCUT2D eigenvalue weighted by Gasteiger charge is -2.15. The van der Waals surface area contributed by atoms with E-state index in [4.69, 9.17) is 5.73 Å². The Morgan fingerprint density at radius 2 is 2.15 bits per heavy atom. The second-order valence-corrected chi connectivity index (χ2v) is 3.96.